The Hall–Kier alpha value is -0.240. The molecule has 174 valence electrons. The summed E-state index contributed by atoms with van der Waals surface area (Å²) in [6, 6.07) is 0. The second kappa shape index (κ2) is 13.9. The van der Waals surface area contributed by atoms with Crippen LogP contribution >= 0.6 is 0 Å². The lowest BCUT2D eigenvalue weighted by Crippen LogP contribution is -2.62. The van der Waals surface area contributed by atoms with Crippen molar-refractivity contribution in [1.82, 2.24) is 0 Å². The first-order valence-corrected chi connectivity index (χ1v) is 11.3. The SMILES string of the molecule is CO[C@H]1O[C@H](COCC(C)C)[C@@H](OCC(C)C)[C@H](OCC(C)C)[C@H]1OCC(C)C. The van der Waals surface area contributed by atoms with Crippen LogP contribution < -0.4 is 0 Å². The maximum atomic E-state index is 6.36. The number of hydrogen-bond donors (Lipinski definition) is 0. The zero-order chi connectivity index (χ0) is 22.0. The van der Waals surface area contributed by atoms with Crippen LogP contribution in [0.4, 0.5) is 0 Å². The Morgan fingerprint density at radius 2 is 1.07 bits per heavy atom. The van der Waals surface area contributed by atoms with E-state index in [0.717, 1.165) is 0 Å². The molecule has 6 heteroatoms. The van der Waals surface area contributed by atoms with Crippen LogP contribution in [0.15, 0.2) is 0 Å². The average Bonchev–Trinajstić information content (AvgIpc) is 2.62. The summed E-state index contributed by atoms with van der Waals surface area (Å²) in [4.78, 5) is 0. The van der Waals surface area contributed by atoms with Crippen molar-refractivity contribution in [2.45, 2.75) is 86.1 Å². The van der Waals surface area contributed by atoms with Crippen LogP contribution in [0.1, 0.15) is 55.4 Å². The van der Waals surface area contributed by atoms with Gasteiger partial charge in [-0.1, -0.05) is 55.4 Å². The number of ether oxygens (including phenoxy) is 6. The van der Waals surface area contributed by atoms with Gasteiger partial charge in [-0.2, -0.15) is 0 Å². The molecule has 0 saturated carbocycles. The van der Waals surface area contributed by atoms with E-state index in [1.54, 1.807) is 7.11 Å². The van der Waals surface area contributed by atoms with Crippen molar-refractivity contribution in [2.24, 2.45) is 23.7 Å². The van der Waals surface area contributed by atoms with Crippen LogP contribution in [0.3, 0.4) is 0 Å². The van der Waals surface area contributed by atoms with E-state index in [9.17, 15) is 0 Å². The Labute approximate surface area is 178 Å². The molecule has 1 saturated heterocycles. The summed E-state index contributed by atoms with van der Waals surface area (Å²) < 4.78 is 36.8. The number of rotatable bonds is 14. The molecule has 0 spiro atoms. The molecular formula is C23H46O6. The third-order valence-corrected chi connectivity index (χ3v) is 4.42. The van der Waals surface area contributed by atoms with Crippen LogP contribution in [0.25, 0.3) is 0 Å². The molecular weight excluding hydrogens is 372 g/mol. The Balaban J connectivity index is 3.05. The number of hydrogen-bond acceptors (Lipinski definition) is 6. The summed E-state index contributed by atoms with van der Waals surface area (Å²) in [7, 11) is 1.65. The summed E-state index contributed by atoms with van der Waals surface area (Å²) >= 11 is 0. The van der Waals surface area contributed by atoms with E-state index in [1.165, 1.54) is 0 Å². The van der Waals surface area contributed by atoms with Crippen molar-refractivity contribution in [1.29, 1.82) is 0 Å². The van der Waals surface area contributed by atoms with Crippen LogP contribution in [0.5, 0.6) is 0 Å². The molecule has 5 atom stereocenters. The third kappa shape index (κ3) is 10.1. The highest BCUT2D eigenvalue weighted by Crippen LogP contribution is 2.30. The Morgan fingerprint density at radius 3 is 1.52 bits per heavy atom. The fourth-order valence-electron chi connectivity index (χ4n) is 3.10. The fourth-order valence-corrected chi connectivity index (χ4v) is 3.10. The average molecular weight is 419 g/mol. The van der Waals surface area contributed by atoms with Crippen molar-refractivity contribution in [2.75, 3.05) is 40.1 Å². The minimum Gasteiger partial charge on any atom is -0.378 e. The molecule has 1 aliphatic heterocycles. The van der Waals surface area contributed by atoms with Gasteiger partial charge >= 0.3 is 0 Å². The maximum absolute atomic E-state index is 6.36. The van der Waals surface area contributed by atoms with Crippen molar-refractivity contribution >= 4 is 0 Å². The van der Waals surface area contributed by atoms with E-state index < -0.39 is 6.29 Å². The first-order chi connectivity index (χ1) is 13.6. The topological polar surface area (TPSA) is 55.4 Å². The molecule has 0 amide bonds. The monoisotopic (exact) mass is 418 g/mol. The zero-order valence-electron chi connectivity index (χ0n) is 20.2. The predicted molar refractivity (Wildman–Crippen MR) is 115 cm³/mol. The predicted octanol–water partition coefficient (Wildman–Crippen LogP) is 4.15. The van der Waals surface area contributed by atoms with Gasteiger partial charge < -0.3 is 28.4 Å². The van der Waals surface area contributed by atoms with Gasteiger partial charge in [0, 0.05) is 33.5 Å². The van der Waals surface area contributed by atoms with Gasteiger partial charge in [0.05, 0.1) is 6.61 Å². The van der Waals surface area contributed by atoms with Gasteiger partial charge in [0.2, 0.25) is 0 Å². The van der Waals surface area contributed by atoms with Crippen LogP contribution in [-0.2, 0) is 28.4 Å². The molecule has 1 aliphatic rings. The van der Waals surface area contributed by atoms with Crippen LogP contribution in [-0.4, -0.2) is 70.9 Å². The van der Waals surface area contributed by atoms with Crippen LogP contribution in [0, 0.1) is 23.7 Å². The van der Waals surface area contributed by atoms with Crippen molar-refractivity contribution in [3.05, 3.63) is 0 Å². The van der Waals surface area contributed by atoms with E-state index in [-0.39, 0.29) is 24.4 Å². The van der Waals surface area contributed by atoms with Gasteiger partial charge in [-0.05, 0) is 23.7 Å². The quantitative estimate of drug-likeness (QED) is 0.422. The molecule has 0 aromatic carbocycles. The highest BCUT2D eigenvalue weighted by molar-refractivity contribution is 4.93. The minimum atomic E-state index is -0.516. The first-order valence-electron chi connectivity index (χ1n) is 11.3. The summed E-state index contributed by atoms with van der Waals surface area (Å²) in [5.41, 5.74) is 0. The Bertz CT molecular complexity index is 412. The highest BCUT2D eigenvalue weighted by Gasteiger charge is 2.48. The van der Waals surface area contributed by atoms with Gasteiger partial charge in [-0.3, -0.25) is 0 Å². The standard InChI is InChI=1S/C23H46O6/c1-15(2)10-25-14-19-20(26-11-16(3)4)21(27-12-17(5)6)22(23(24-9)29-19)28-13-18(7)8/h15-23H,10-14H2,1-9H3/t19-,20-,21+,22-,23+/m1/s1. The van der Waals surface area contributed by atoms with Crippen LogP contribution in [0.2, 0.25) is 0 Å². The molecule has 0 aliphatic carbocycles. The highest BCUT2D eigenvalue weighted by atomic mass is 16.7. The molecule has 0 bridgehead atoms. The van der Waals surface area contributed by atoms with Crippen molar-refractivity contribution in [3.63, 3.8) is 0 Å². The fraction of sp³-hybridized carbons (Fsp3) is 1.00. The van der Waals surface area contributed by atoms with Crippen molar-refractivity contribution in [3.8, 4) is 0 Å². The third-order valence-electron chi connectivity index (χ3n) is 4.42. The van der Waals surface area contributed by atoms with E-state index >= 15 is 0 Å². The zero-order valence-corrected chi connectivity index (χ0v) is 20.2. The minimum absolute atomic E-state index is 0.270. The lowest BCUT2D eigenvalue weighted by molar-refractivity contribution is -0.320. The second-order valence-corrected chi connectivity index (χ2v) is 9.79. The van der Waals surface area contributed by atoms with Gasteiger partial charge in [0.25, 0.3) is 0 Å². The molecule has 6 nitrogen and oxygen atoms in total. The summed E-state index contributed by atoms with van der Waals surface area (Å²) in [6.07, 6.45) is -1.68. The molecule has 0 N–H and O–H groups in total. The van der Waals surface area contributed by atoms with Gasteiger partial charge in [-0.25, -0.2) is 0 Å². The Kier molecular flexibility index (Phi) is 12.9. The maximum Gasteiger partial charge on any atom is 0.186 e. The van der Waals surface area contributed by atoms with Gasteiger partial charge in [-0.15, -0.1) is 0 Å². The van der Waals surface area contributed by atoms with E-state index in [4.69, 9.17) is 28.4 Å². The van der Waals surface area contributed by atoms with E-state index in [2.05, 4.69) is 55.4 Å². The summed E-state index contributed by atoms with van der Waals surface area (Å²) in [5.74, 6) is 1.68. The largest absolute Gasteiger partial charge is 0.378 e. The molecule has 1 heterocycles. The molecule has 1 rings (SSSR count). The van der Waals surface area contributed by atoms with E-state index in [0.29, 0.717) is 56.7 Å². The molecule has 0 unspecified atom stereocenters. The summed E-state index contributed by atoms with van der Waals surface area (Å²) in [5, 5.41) is 0. The van der Waals surface area contributed by atoms with Crippen molar-refractivity contribution < 1.29 is 28.4 Å². The summed E-state index contributed by atoms with van der Waals surface area (Å²) in [6.45, 7) is 20.1. The molecule has 0 aromatic heterocycles. The van der Waals surface area contributed by atoms with Gasteiger partial charge in [0.1, 0.15) is 24.4 Å². The molecule has 29 heavy (non-hydrogen) atoms. The van der Waals surface area contributed by atoms with E-state index in [1.807, 2.05) is 0 Å². The molecule has 1 fully saturated rings. The Morgan fingerprint density at radius 1 is 0.621 bits per heavy atom. The van der Waals surface area contributed by atoms with Gasteiger partial charge in [0.15, 0.2) is 6.29 Å². The second-order valence-electron chi connectivity index (χ2n) is 9.79. The lowest BCUT2D eigenvalue weighted by Gasteiger charge is -2.46. The molecule has 0 aromatic rings. The smallest absolute Gasteiger partial charge is 0.186 e. The normalized spacial score (nSPS) is 28.2. The number of methoxy groups -OCH3 is 1. The molecule has 0 radical (unpaired) electrons. The lowest BCUT2D eigenvalue weighted by atomic mass is 9.97. The first kappa shape index (κ1) is 26.8.